The van der Waals surface area contributed by atoms with E-state index in [4.69, 9.17) is 0 Å². The first kappa shape index (κ1) is 16.3. The molecule has 0 aliphatic heterocycles. The van der Waals surface area contributed by atoms with Crippen LogP contribution in [0.5, 0.6) is 0 Å². The molecule has 0 saturated heterocycles. The lowest BCUT2D eigenvalue weighted by Crippen LogP contribution is -2.25. The van der Waals surface area contributed by atoms with Gasteiger partial charge in [-0.15, -0.1) is 0 Å². The molecule has 1 atom stereocenters. The van der Waals surface area contributed by atoms with E-state index in [1.165, 1.54) is 12.5 Å². The van der Waals surface area contributed by atoms with Crippen LogP contribution in [0.3, 0.4) is 0 Å². The summed E-state index contributed by atoms with van der Waals surface area (Å²) in [5.41, 5.74) is 1.82. The summed E-state index contributed by atoms with van der Waals surface area (Å²) in [5.74, 6) is -0.165. The number of rotatable bonds is 3. The van der Waals surface area contributed by atoms with Gasteiger partial charge in [0, 0.05) is 18.8 Å². The van der Waals surface area contributed by atoms with E-state index in [0.717, 1.165) is 5.56 Å². The number of pyridine rings is 1. The number of carbonyl (C=O) groups excluding carboxylic acids is 1. The molecule has 3 aromatic rings. The van der Waals surface area contributed by atoms with Crippen LogP contribution in [0.15, 0.2) is 52.3 Å². The summed E-state index contributed by atoms with van der Waals surface area (Å²) in [6, 6.07) is 8.64. The molecule has 0 saturated carbocycles. The van der Waals surface area contributed by atoms with Gasteiger partial charge in [-0.2, -0.15) is 0 Å². The number of hydrogen-bond acceptors (Lipinski definition) is 4. The van der Waals surface area contributed by atoms with Gasteiger partial charge in [-0.05, 0) is 46.6 Å². The molecular formula is C17H15BrN4O2. The third kappa shape index (κ3) is 2.94. The summed E-state index contributed by atoms with van der Waals surface area (Å²) in [5, 5.41) is 3.05. The Bertz CT molecular complexity index is 984. The van der Waals surface area contributed by atoms with Gasteiger partial charge in [0.05, 0.1) is 23.3 Å². The van der Waals surface area contributed by atoms with Crippen LogP contribution in [0.1, 0.15) is 28.9 Å². The second kappa shape index (κ2) is 6.52. The average molecular weight is 387 g/mol. The standard InChI is InChI=1S/C17H15BrN4O2/c1-10(11-4-3-5-12(6-11)16(23)19-2)22-9-21-14-7-15(18)20-8-13(14)17(22)24/h3-10H,1-2H3,(H,19,23)/t10-/m1/s1. The Kier molecular flexibility index (Phi) is 4.44. The maximum Gasteiger partial charge on any atom is 0.263 e. The lowest BCUT2D eigenvalue weighted by Gasteiger charge is -2.16. The van der Waals surface area contributed by atoms with Gasteiger partial charge < -0.3 is 5.32 Å². The van der Waals surface area contributed by atoms with E-state index in [9.17, 15) is 9.59 Å². The molecule has 0 bridgehead atoms. The molecule has 0 aliphatic carbocycles. The van der Waals surface area contributed by atoms with E-state index in [1.54, 1.807) is 35.9 Å². The molecule has 0 aliphatic rings. The van der Waals surface area contributed by atoms with Gasteiger partial charge in [-0.25, -0.2) is 9.97 Å². The maximum absolute atomic E-state index is 12.7. The Morgan fingerprint density at radius 2 is 2.08 bits per heavy atom. The number of benzene rings is 1. The number of fused-ring (bicyclic) bond motifs is 1. The summed E-state index contributed by atoms with van der Waals surface area (Å²) in [7, 11) is 1.58. The first-order valence-electron chi connectivity index (χ1n) is 7.35. The van der Waals surface area contributed by atoms with Crippen LogP contribution in [-0.2, 0) is 0 Å². The zero-order valence-corrected chi connectivity index (χ0v) is 14.7. The molecule has 122 valence electrons. The first-order valence-corrected chi connectivity index (χ1v) is 8.15. The van der Waals surface area contributed by atoms with Gasteiger partial charge in [0.2, 0.25) is 0 Å². The topological polar surface area (TPSA) is 76.9 Å². The van der Waals surface area contributed by atoms with Crippen molar-refractivity contribution in [1.29, 1.82) is 0 Å². The number of hydrogen-bond donors (Lipinski definition) is 1. The van der Waals surface area contributed by atoms with Crippen LogP contribution in [0.2, 0.25) is 0 Å². The molecule has 24 heavy (non-hydrogen) atoms. The predicted molar refractivity (Wildman–Crippen MR) is 95.1 cm³/mol. The molecule has 3 rings (SSSR count). The van der Waals surface area contributed by atoms with E-state index in [0.29, 0.717) is 21.1 Å². The van der Waals surface area contributed by atoms with Crippen molar-refractivity contribution in [2.24, 2.45) is 0 Å². The van der Waals surface area contributed by atoms with Gasteiger partial charge in [0.1, 0.15) is 4.60 Å². The summed E-state index contributed by atoms with van der Waals surface area (Å²) in [6.07, 6.45) is 3.03. The molecule has 7 heteroatoms. The highest BCUT2D eigenvalue weighted by molar-refractivity contribution is 9.10. The smallest absolute Gasteiger partial charge is 0.263 e. The first-order chi connectivity index (χ1) is 11.5. The Morgan fingerprint density at radius 1 is 1.29 bits per heavy atom. The third-order valence-electron chi connectivity index (χ3n) is 3.91. The van der Waals surface area contributed by atoms with E-state index in [1.807, 2.05) is 13.0 Å². The fourth-order valence-corrected chi connectivity index (χ4v) is 2.85. The summed E-state index contributed by atoms with van der Waals surface area (Å²) in [4.78, 5) is 32.9. The average Bonchev–Trinajstić information content (AvgIpc) is 2.60. The lowest BCUT2D eigenvalue weighted by atomic mass is 10.0. The van der Waals surface area contributed by atoms with Gasteiger partial charge in [-0.3, -0.25) is 14.2 Å². The van der Waals surface area contributed by atoms with Gasteiger partial charge in [-0.1, -0.05) is 12.1 Å². The van der Waals surface area contributed by atoms with Crippen molar-refractivity contribution in [3.05, 3.63) is 68.9 Å². The quantitative estimate of drug-likeness (QED) is 0.701. The Balaban J connectivity index is 2.07. The zero-order valence-electron chi connectivity index (χ0n) is 13.2. The number of halogens is 1. The minimum absolute atomic E-state index is 0.165. The molecule has 0 fully saturated rings. The van der Waals surface area contributed by atoms with E-state index >= 15 is 0 Å². The normalized spacial score (nSPS) is 12.1. The Hall–Kier alpha value is -2.54. The number of amides is 1. The molecule has 1 amide bonds. The molecule has 0 radical (unpaired) electrons. The highest BCUT2D eigenvalue weighted by atomic mass is 79.9. The molecule has 1 N–H and O–H groups in total. The molecule has 1 aromatic carbocycles. The predicted octanol–water partition coefficient (Wildman–Crippen LogP) is 2.52. The van der Waals surface area contributed by atoms with Crippen molar-refractivity contribution in [2.45, 2.75) is 13.0 Å². The minimum Gasteiger partial charge on any atom is -0.355 e. The van der Waals surface area contributed by atoms with Crippen molar-refractivity contribution in [3.8, 4) is 0 Å². The highest BCUT2D eigenvalue weighted by Gasteiger charge is 2.14. The number of nitrogens with zero attached hydrogens (tertiary/aromatic N) is 3. The van der Waals surface area contributed by atoms with Crippen LogP contribution in [0, 0.1) is 0 Å². The minimum atomic E-state index is -0.261. The van der Waals surface area contributed by atoms with Gasteiger partial charge in [0.15, 0.2) is 0 Å². The maximum atomic E-state index is 12.7. The molecular weight excluding hydrogens is 372 g/mol. The second-order valence-electron chi connectivity index (χ2n) is 5.36. The third-order valence-corrected chi connectivity index (χ3v) is 4.34. The van der Waals surface area contributed by atoms with Crippen LogP contribution >= 0.6 is 15.9 Å². The summed E-state index contributed by atoms with van der Waals surface area (Å²) in [6.45, 7) is 1.89. The van der Waals surface area contributed by atoms with E-state index in [2.05, 4.69) is 31.2 Å². The van der Waals surface area contributed by atoms with Crippen LogP contribution in [-0.4, -0.2) is 27.5 Å². The van der Waals surface area contributed by atoms with Crippen molar-refractivity contribution < 1.29 is 4.79 Å². The lowest BCUT2D eigenvalue weighted by molar-refractivity contribution is 0.0963. The fraction of sp³-hybridized carbons (Fsp3) is 0.176. The van der Waals surface area contributed by atoms with Gasteiger partial charge >= 0.3 is 0 Å². The van der Waals surface area contributed by atoms with Crippen molar-refractivity contribution in [1.82, 2.24) is 19.9 Å². The van der Waals surface area contributed by atoms with Crippen LogP contribution < -0.4 is 10.9 Å². The van der Waals surface area contributed by atoms with Crippen molar-refractivity contribution >= 4 is 32.7 Å². The summed E-state index contributed by atoms with van der Waals surface area (Å²) >= 11 is 3.27. The highest BCUT2D eigenvalue weighted by Crippen LogP contribution is 2.19. The zero-order chi connectivity index (χ0) is 17.3. The summed E-state index contributed by atoms with van der Waals surface area (Å²) < 4.78 is 2.17. The Morgan fingerprint density at radius 3 is 2.83 bits per heavy atom. The molecule has 0 unspecified atom stereocenters. The number of nitrogens with one attached hydrogen (secondary N) is 1. The molecule has 2 aromatic heterocycles. The second-order valence-corrected chi connectivity index (χ2v) is 6.17. The number of aromatic nitrogens is 3. The molecule has 2 heterocycles. The molecule has 0 spiro atoms. The van der Waals surface area contributed by atoms with E-state index < -0.39 is 0 Å². The van der Waals surface area contributed by atoms with Crippen LogP contribution in [0.4, 0.5) is 0 Å². The van der Waals surface area contributed by atoms with Crippen molar-refractivity contribution in [3.63, 3.8) is 0 Å². The van der Waals surface area contributed by atoms with Crippen molar-refractivity contribution in [2.75, 3.05) is 7.05 Å². The van der Waals surface area contributed by atoms with E-state index in [-0.39, 0.29) is 17.5 Å². The Labute approximate surface area is 146 Å². The SMILES string of the molecule is CNC(=O)c1cccc([C@@H](C)n2cnc3cc(Br)ncc3c2=O)c1. The largest absolute Gasteiger partial charge is 0.355 e. The number of carbonyl (C=O) groups is 1. The van der Waals surface area contributed by atoms with Gasteiger partial charge in [0.25, 0.3) is 11.5 Å². The fourth-order valence-electron chi connectivity index (χ4n) is 2.53. The monoisotopic (exact) mass is 386 g/mol. The van der Waals surface area contributed by atoms with Crippen LogP contribution in [0.25, 0.3) is 10.9 Å². The molecule has 6 nitrogen and oxygen atoms in total.